The molecule has 0 aliphatic rings. The van der Waals surface area contributed by atoms with Gasteiger partial charge in [-0.3, -0.25) is 4.79 Å². The van der Waals surface area contributed by atoms with Gasteiger partial charge in [-0.05, 0) is 37.6 Å². The first-order valence-electron chi connectivity index (χ1n) is 6.93. The van der Waals surface area contributed by atoms with Crippen LogP contribution in [0.5, 0.6) is 5.88 Å². The predicted octanol–water partition coefficient (Wildman–Crippen LogP) is 4.58. The average molecular weight is 342 g/mol. The van der Waals surface area contributed by atoms with Crippen molar-refractivity contribution >= 4 is 29.2 Å². The number of carboxylic acid groups (broad SMARTS) is 1. The number of halogens is 2. The average Bonchev–Trinajstić information content (AvgIpc) is 2.80. The zero-order chi connectivity index (χ0) is 16.3. The number of carboxylic acids is 1. The van der Waals surface area contributed by atoms with Crippen LogP contribution in [0.15, 0.2) is 30.3 Å². The maximum Gasteiger partial charge on any atom is 0.312 e. The van der Waals surface area contributed by atoms with Crippen LogP contribution in [-0.2, 0) is 17.9 Å². The minimum atomic E-state index is -0.898. The molecular formula is C16H17Cl2NO3. The molecule has 1 aromatic heterocycles. The third-order valence-corrected chi connectivity index (χ3v) is 3.94. The van der Waals surface area contributed by atoms with Crippen molar-refractivity contribution in [2.45, 2.75) is 32.9 Å². The molecule has 0 saturated carbocycles. The summed E-state index contributed by atoms with van der Waals surface area (Å²) in [6.45, 7) is 4.43. The second-order valence-corrected chi connectivity index (χ2v) is 5.79. The molecule has 0 amide bonds. The van der Waals surface area contributed by atoms with E-state index in [9.17, 15) is 9.90 Å². The highest BCUT2D eigenvalue weighted by Gasteiger charge is 2.23. The molecule has 0 aliphatic heterocycles. The van der Waals surface area contributed by atoms with Gasteiger partial charge in [-0.2, -0.15) is 0 Å². The van der Waals surface area contributed by atoms with Crippen LogP contribution in [0, 0.1) is 0 Å². The molecule has 1 heterocycles. The summed E-state index contributed by atoms with van der Waals surface area (Å²) in [5.74, 6) is -1.07. The summed E-state index contributed by atoms with van der Waals surface area (Å²) in [5, 5.41) is 10.2. The van der Waals surface area contributed by atoms with E-state index in [0.29, 0.717) is 34.8 Å². The first kappa shape index (κ1) is 16.7. The highest BCUT2D eigenvalue weighted by atomic mass is 35.5. The summed E-state index contributed by atoms with van der Waals surface area (Å²) in [6, 6.07) is 9.01. The third kappa shape index (κ3) is 3.57. The molecule has 1 atom stereocenters. The molecule has 1 aromatic carbocycles. The van der Waals surface area contributed by atoms with Crippen molar-refractivity contribution in [3.63, 3.8) is 0 Å². The Labute approximate surface area is 139 Å². The lowest BCUT2D eigenvalue weighted by atomic mass is 10.1. The molecule has 6 heteroatoms. The molecule has 2 rings (SSSR count). The molecule has 2 aromatic rings. The summed E-state index contributed by atoms with van der Waals surface area (Å²) < 4.78 is 7.57. The van der Waals surface area contributed by atoms with E-state index in [2.05, 4.69) is 0 Å². The minimum absolute atomic E-state index is 0.311. The van der Waals surface area contributed by atoms with E-state index in [4.69, 9.17) is 27.9 Å². The van der Waals surface area contributed by atoms with Gasteiger partial charge in [-0.1, -0.05) is 35.3 Å². The zero-order valence-electron chi connectivity index (χ0n) is 12.3. The fourth-order valence-corrected chi connectivity index (χ4v) is 2.73. The van der Waals surface area contributed by atoms with Gasteiger partial charge in [0.2, 0.25) is 5.88 Å². The molecule has 0 aliphatic carbocycles. The van der Waals surface area contributed by atoms with Crippen LogP contribution in [0.3, 0.4) is 0 Å². The van der Waals surface area contributed by atoms with Gasteiger partial charge in [0.25, 0.3) is 0 Å². The quantitative estimate of drug-likeness (QED) is 0.836. The first-order chi connectivity index (χ1) is 10.4. The maximum absolute atomic E-state index is 11.2. The Balaban J connectivity index is 2.25. The van der Waals surface area contributed by atoms with Crippen molar-refractivity contribution in [2.24, 2.45) is 0 Å². The molecule has 22 heavy (non-hydrogen) atoms. The molecule has 4 nitrogen and oxygen atoms in total. The van der Waals surface area contributed by atoms with E-state index in [1.54, 1.807) is 23.6 Å². The van der Waals surface area contributed by atoms with Crippen LogP contribution in [-0.4, -0.2) is 15.6 Å². The van der Waals surface area contributed by atoms with Crippen LogP contribution in [0.25, 0.3) is 0 Å². The Morgan fingerprint density at radius 1 is 1.36 bits per heavy atom. The number of benzene rings is 1. The summed E-state index contributed by atoms with van der Waals surface area (Å²) >= 11 is 12.2. The molecular weight excluding hydrogens is 325 g/mol. The van der Waals surface area contributed by atoms with Gasteiger partial charge in [0.05, 0.1) is 5.92 Å². The number of aromatic nitrogens is 1. The molecule has 0 bridgehead atoms. The summed E-state index contributed by atoms with van der Waals surface area (Å²) in [4.78, 5) is 11.2. The first-order valence-corrected chi connectivity index (χ1v) is 7.68. The van der Waals surface area contributed by atoms with Crippen molar-refractivity contribution in [1.82, 2.24) is 4.57 Å². The van der Waals surface area contributed by atoms with Crippen molar-refractivity contribution < 1.29 is 14.6 Å². The number of aliphatic carboxylic acids is 1. The fourth-order valence-electron chi connectivity index (χ4n) is 2.25. The third-order valence-electron chi connectivity index (χ3n) is 3.43. The van der Waals surface area contributed by atoms with Gasteiger partial charge in [0.15, 0.2) is 0 Å². The second-order valence-electron chi connectivity index (χ2n) is 4.95. The van der Waals surface area contributed by atoms with Crippen molar-refractivity contribution in [1.29, 1.82) is 0 Å². The summed E-state index contributed by atoms with van der Waals surface area (Å²) in [7, 11) is 0. The number of ether oxygens (including phenoxy) is 1. The molecule has 0 spiro atoms. The van der Waals surface area contributed by atoms with Crippen molar-refractivity contribution in [3.8, 4) is 5.88 Å². The van der Waals surface area contributed by atoms with E-state index in [1.165, 1.54) is 0 Å². The van der Waals surface area contributed by atoms with E-state index in [1.807, 2.05) is 25.1 Å². The Morgan fingerprint density at radius 3 is 2.68 bits per heavy atom. The van der Waals surface area contributed by atoms with Gasteiger partial charge in [-0.25, -0.2) is 0 Å². The molecule has 1 N–H and O–H groups in total. The highest BCUT2D eigenvalue weighted by molar-refractivity contribution is 6.32. The molecule has 0 saturated heterocycles. The van der Waals surface area contributed by atoms with Gasteiger partial charge in [-0.15, -0.1) is 0 Å². The Bertz CT molecular complexity index is 682. The second kappa shape index (κ2) is 7.07. The topological polar surface area (TPSA) is 51.5 Å². The van der Waals surface area contributed by atoms with Gasteiger partial charge >= 0.3 is 5.97 Å². The van der Waals surface area contributed by atoms with Crippen LogP contribution in [0.2, 0.25) is 10.0 Å². The smallest absolute Gasteiger partial charge is 0.312 e. The largest absolute Gasteiger partial charge is 0.481 e. The highest BCUT2D eigenvalue weighted by Crippen LogP contribution is 2.33. The maximum atomic E-state index is 11.2. The lowest BCUT2D eigenvalue weighted by Crippen LogP contribution is -2.13. The van der Waals surface area contributed by atoms with Crippen LogP contribution in [0.4, 0.5) is 0 Å². The molecule has 1 unspecified atom stereocenters. The normalized spacial score (nSPS) is 12.2. The Hall–Kier alpha value is -1.65. The van der Waals surface area contributed by atoms with Gasteiger partial charge in [0, 0.05) is 17.3 Å². The Morgan fingerprint density at radius 2 is 2.09 bits per heavy atom. The van der Waals surface area contributed by atoms with Gasteiger partial charge in [0.1, 0.15) is 11.6 Å². The number of rotatable bonds is 6. The van der Waals surface area contributed by atoms with Crippen LogP contribution in [0.1, 0.15) is 31.0 Å². The lowest BCUT2D eigenvalue weighted by Gasteiger charge is -2.14. The molecule has 0 fully saturated rings. The number of carbonyl (C=O) groups is 1. The lowest BCUT2D eigenvalue weighted by molar-refractivity contribution is -0.138. The molecule has 118 valence electrons. The summed E-state index contributed by atoms with van der Waals surface area (Å²) in [5.41, 5.74) is 1.54. The fraction of sp³-hybridized carbons (Fsp3) is 0.312. The Kier molecular flexibility index (Phi) is 5.37. The van der Waals surface area contributed by atoms with Crippen LogP contribution < -0.4 is 4.74 Å². The van der Waals surface area contributed by atoms with Crippen molar-refractivity contribution in [2.75, 3.05) is 0 Å². The van der Waals surface area contributed by atoms with E-state index in [-0.39, 0.29) is 0 Å². The van der Waals surface area contributed by atoms with Gasteiger partial charge < -0.3 is 14.4 Å². The zero-order valence-corrected chi connectivity index (χ0v) is 13.9. The standard InChI is InChI=1S/C16H17Cl2NO3/c1-3-19-14(10(2)16(20)21)8-13(18)15(19)22-9-11-5-4-6-12(17)7-11/h4-8,10H,3,9H2,1-2H3,(H,20,21). The SMILES string of the molecule is CCn1c(C(C)C(=O)O)cc(Cl)c1OCc1cccc(Cl)c1. The van der Waals surface area contributed by atoms with E-state index < -0.39 is 11.9 Å². The number of hydrogen-bond acceptors (Lipinski definition) is 2. The predicted molar refractivity (Wildman–Crippen MR) is 87.0 cm³/mol. The monoisotopic (exact) mass is 341 g/mol. The van der Waals surface area contributed by atoms with E-state index >= 15 is 0 Å². The number of hydrogen-bond donors (Lipinski definition) is 1. The van der Waals surface area contributed by atoms with Crippen molar-refractivity contribution in [3.05, 3.63) is 51.6 Å². The summed E-state index contributed by atoms with van der Waals surface area (Å²) in [6.07, 6.45) is 0. The minimum Gasteiger partial charge on any atom is -0.481 e. The number of nitrogens with zero attached hydrogens (tertiary/aromatic N) is 1. The van der Waals surface area contributed by atoms with Crippen LogP contribution >= 0.6 is 23.2 Å². The molecule has 0 radical (unpaired) electrons. The van der Waals surface area contributed by atoms with E-state index in [0.717, 1.165) is 5.56 Å².